The van der Waals surface area contributed by atoms with Crippen LogP contribution in [-0.4, -0.2) is 26.0 Å². The largest absolute Gasteiger partial charge is 0.382 e. The first-order valence-corrected chi connectivity index (χ1v) is 7.61. The Morgan fingerprint density at radius 2 is 1.84 bits per heavy atom. The van der Waals surface area contributed by atoms with E-state index in [-0.39, 0.29) is 6.03 Å². The number of nitrogens with two attached hydrogens (primary N) is 1. The lowest BCUT2D eigenvalue weighted by Gasteiger charge is -2.05. The number of rotatable bonds is 3. The molecule has 0 saturated carbocycles. The molecule has 0 aliphatic heterocycles. The van der Waals surface area contributed by atoms with Gasteiger partial charge in [-0.1, -0.05) is 24.3 Å². The maximum absolute atomic E-state index is 12.1. The predicted octanol–water partition coefficient (Wildman–Crippen LogP) is 2.97. The molecule has 0 bridgehead atoms. The number of hydrogen-bond acceptors (Lipinski definition) is 4. The van der Waals surface area contributed by atoms with E-state index in [1.807, 2.05) is 48.5 Å². The van der Waals surface area contributed by atoms with Crippen molar-refractivity contribution in [2.75, 3.05) is 16.4 Å². The molecule has 8 nitrogen and oxygen atoms in total. The highest BCUT2D eigenvalue weighted by Crippen LogP contribution is 2.25. The molecule has 0 saturated heterocycles. The first kappa shape index (κ1) is 14.8. The smallest absolute Gasteiger partial charge is 0.323 e. The van der Waals surface area contributed by atoms with Gasteiger partial charge in [-0.15, -0.1) is 0 Å². The molecule has 5 N–H and O–H groups in total. The van der Waals surface area contributed by atoms with Gasteiger partial charge < -0.3 is 16.4 Å². The van der Waals surface area contributed by atoms with E-state index in [4.69, 9.17) is 5.73 Å². The summed E-state index contributed by atoms with van der Waals surface area (Å²) in [6, 6.07) is 14.5. The Kier molecular flexibility index (Phi) is 3.55. The van der Waals surface area contributed by atoms with Gasteiger partial charge in [0.15, 0.2) is 5.82 Å². The minimum atomic E-state index is -0.341. The molecule has 2 aromatic heterocycles. The van der Waals surface area contributed by atoms with E-state index in [9.17, 15) is 4.79 Å². The third-order valence-electron chi connectivity index (χ3n) is 3.71. The Labute approximate surface area is 142 Å². The van der Waals surface area contributed by atoms with Gasteiger partial charge >= 0.3 is 6.03 Å². The van der Waals surface area contributed by atoms with Crippen LogP contribution in [0, 0.1) is 0 Å². The maximum Gasteiger partial charge on any atom is 0.323 e. The van der Waals surface area contributed by atoms with Crippen LogP contribution in [0.2, 0.25) is 0 Å². The van der Waals surface area contributed by atoms with Crippen LogP contribution in [0.5, 0.6) is 0 Å². The van der Waals surface area contributed by atoms with Gasteiger partial charge in [-0.2, -0.15) is 10.2 Å². The molecular formula is C17H15N7O. The number of H-pyrrole nitrogens is 1. The molecule has 0 aliphatic rings. The van der Waals surface area contributed by atoms with Gasteiger partial charge in [0.1, 0.15) is 0 Å². The van der Waals surface area contributed by atoms with E-state index in [2.05, 4.69) is 25.9 Å². The van der Waals surface area contributed by atoms with Crippen LogP contribution in [0.3, 0.4) is 0 Å². The molecule has 2 heterocycles. The van der Waals surface area contributed by atoms with Crippen molar-refractivity contribution in [3.05, 3.63) is 60.9 Å². The summed E-state index contributed by atoms with van der Waals surface area (Å²) in [5.74, 6) is 0.400. The second-order valence-electron chi connectivity index (χ2n) is 5.43. The number of para-hydroxylation sites is 1. The zero-order chi connectivity index (χ0) is 17.2. The highest BCUT2D eigenvalue weighted by molar-refractivity contribution is 6.00. The van der Waals surface area contributed by atoms with Crippen molar-refractivity contribution in [3.8, 4) is 5.69 Å². The molecule has 4 aromatic rings. The minimum Gasteiger partial charge on any atom is -0.382 e. The summed E-state index contributed by atoms with van der Waals surface area (Å²) in [6.45, 7) is 0. The van der Waals surface area contributed by atoms with E-state index in [1.165, 1.54) is 0 Å². The topological polar surface area (TPSA) is 114 Å². The number of carbonyl (C=O) groups is 1. The van der Waals surface area contributed by atoms with Crippen molar-refractivity contribution in [3.63, 3.8) is 0 Å². The lowest BCUT2D eigenvalue weighted by molar-refractivity contribution is 0.262. The van der Waals surface area contributed by atoms with E-state index in [1.54, 1.807) is 17.1 Å². The highest BCUT2D eigenvalue weighted by atomic mass is 16.2. The van der Waals surface area contributed by atoms with E-state index in [0.29, 0.717) is 17.2 Å². The second kappa shape index (κ2) is 6.00. The molecule has 4 rings (SSSR count). The average Bonchev–Trinajstić information content (AvgIpc) is 3.23. The number of benzene rings is 2. The number of aromatic nitrogens is 4. The molecule has 2 amide bonds. The molecule has 0 unspecified atom stereocenters. The summed E-state index contributed by atoms with van der Waals surface area (Å²) in [6.07, 6.45) is 3.28. The van der Waals surface area contributed by atoms with E-state index in [0.717, 1.165) is 16.6 Å². The number of hydrogen-bond donors (Lipinski definition) is 4. The number of nitrogens with zero attached hydrogens (tertiary/aromatic N) is 3. The van der Waals surface area contributed by atoms with Crippen LogP contribution >= 0.6 is 0 Å². The number of nitrogens with one attached hydrogen (secondary N) is 3. The second-order valence-corrected chi connectivity index (χ2v) is 5.43. The first-order chi connectivity index (χ1) is 12.2. The van der Waals surface area contributed by atoms with Gasteiger partial charge in [0.05, 0.1) is 34.7 Å². The Balaban J connectivity index is 1.56. The quantitative estimate of drug-likeness (QED) is 0.461. The standard InChI is InChI=1S/C17H15N7O/c18-16-15-13(22-23-16)7-4-8-14(15)24-10-12(9-19-24)21-17(25)20-11-5-2-1-3-6-11/h1-10H,(H3,18,22,23)(H2,20,21,25). The lowest BCUT2D eigenvalue weighted by Crippen LogP contribution is -2.18. The van der Waals surface area contributed by atoms with Gasteiger partial charge in [-0.05, 0) is 24.3 Å². The fourth-order valence-corrected chi connectivity index (χ4v) is 2.60. The molecule has 0 aliphatic carbocycles. The Hall–Kier alpha value is -3.81. The molecule has 0 atom stereocenters. The summed E-state index contributed by atoms with van der Waals surface area (Å²) >= 11 is 0. The predicted molar refractivity (Wildman–Crippen MR) is 96.7 cm³/mol. The lowest BCUT2D eigenvalue weighted by atomic mass is 10.2. The molecule has 124 valence electrons. The van der Waals surface area contributed by atoms with Crippen LogP contribution in [0.1, 0.15) is 0 Å². The van der Waals surface area contributed by atoms with Crippen molar-refractivity contribution in [1.29, 1.82) is 0 Å². The van der Waals surface area contributed by atoms with E-state index >= 15 is 0 Å². The summed E-state index contributed by atoms with van der Waals surface area (Å²) in [4.78, 5) is 12.1. The monoisotopic (exact) mass is 333 g/mol. The first-order valence-electron chi connectivity index (χ1n) is 7.61. The molecule has 2 aromatic carbocycles. The minimum absolute atomic E-state index is 0.341. The van der Waals surface area contributed by atoms with Crippen molar-refractivity contribution in [2.24, 2.45) is 0 Å². The zero-order valence-corrected chi connectivity index (χ0v) is 13.1. The summed E-state index contributed by atoms with van der Waals surface area (Å²) in [7, 11) is 0. The number of aromatic amines is 1. The SMILES string of the molecule is Nc1n[nH]c2cccc(-n3cc(NC(=O)Nc4ccccc4)cn3)c12. The van der Waals surface area contributed by atoms with Gasteiger partial charge in [-0.25, -0.2) is 9.48 Å². The molecular weight excluding hydrogens is 318 g/mol. The van der Waals surface area contributed by atoms with Crippen LogP contribution < -0.4 is 16.4 Å². The third kappa shape index (κ3) is 2.88. The number of amides is 2. The van der Waals surface area contributed by atoms with Crippen LogP contribution in [0.25, 0.3) is 16.6 Å². The van der Waals surface area contributed by atoms with Crippen LogP contribution in [0.15, 0.2) is 60.9 Å². The fourth-order valence-electron chi connectivity index (χ4n) is 2.60. The van der Waals surface area contributed by atoms with E-state index < -0.39 is 0 Å². The number of nitrogen functional groups attached to an aromatic ring is 1. The molecule has 25 heavy (non-hydrogen) atoms. The molecule has 0 spiro atoms. The summed E-state index contributed by atoms with van der Waals surface area (Å²) in [5, 5.41) is 17.5. The summed E-state index contributed by atoms with van der Waals surface area (Å²) < 4.78 is 1.65. The van der Waals surface area contributed by atoms with Gasteiger partial charge in [0.25, 0.3) is 0 Å². The normalized spacial score (nSPS) is 10.7. The van der Waals surface area contributed by atoms with Crippen molar-refractivity contribution < 1.29 is 4.79 Å². The maximum atomic E-state index is 12.1. The average molecular weight is 333 g/mol. The van der Waals surface area contributed by atoms with Crippen molar-refractivity contribution >= 4 is 34.1 Å². The van der Waals surface area contributed by atoms with Crippen LogP contribution in [0.4, 0.5) is 22.0 Å². The van der Waals surface area contributed by atoms with Gasteiger partial charge in [0.2, 0.25) is 0 Å². The number of fused-ring (bicyclic) bond motifs is 1. The fraction of sp³-hybridized carbons (Fsp3) is 0. The summed E-state index contributed by atoms with van der Waals surface area (Å²) in [5.41, 5.74) is 8.80. The molecule has 0 fully saturated rings. The Bertz CT molecular complexity index is 1040. The zero-order valence-electron chi connectivity index (χ0n) is 13.1. The molecule has 0 radical (unpaired) electrons. The van der Waals surface area contributed by atoms with Gasteiger partial charge in [0, 0.05) is 5.69 Å². The highest BCUT2D eigenvalue weighted by Gasteiger charge is 2.11. The molecule has 8 heteroatoms. The van der Waals surface area contributed by atoms with Crippen LogP contribution in [-0.2, 0) is 0 Å². The Morgan fingerprint density at radius 1 is 1.04 bits per heavy atom. The van der Waals surface area contributed by atoms with Crippen molar-refractivity contribution in [1.82, 2.24) is 20.0 Å². The third-order valence-corrected chi connectivity index (χ3v) is 3.71. The number of carbonyl (C=O) groups excluding carboxylic acids is 1. The Morgan fingerprint density at radius 3 is 2.68 bits per heavy atom. The number of urea groups is 1. The number of anilines is 3. The van der Waals surface area contributed by atoms with Crippen molar-refractivity contribution in [2.45, 2.75) is 0 Å². The van der Waals surface area contributed by atoms with Gasteiger partial charge in [-0.3, -0.25) is 5.10 Å².